The smallest absolute Gasteiger partial charge is 0.279 e. The van der Waals surface area contributed by atoms with Crippen LogP contribution in [0.15, 0.2) is 48.5 Å². The number of nitrogens with one attached hydrogen (secondary N) is 2. The van der Waals surface area contributed by atoms with Crippen LogP contribution in [0.2, 0.25) is 0 Å². The molecule has 1 aliphatic rings. The predicted octanol–water partition coefficient (Wildman–Crippen LogP) is 0.873. The second-order valence-electron chi connectivity index (χ2n) is 6.67. The second kappa shape index (κ2) is 8.73. The molecule has 27 heavy (non-hydrogen) atoms. The molecular formula is C20H22F2N3O2+. The Morgan fingerprint density at radius 1 is 1.00 bits per heavy atom. The van der Waals surface area contributed by atoms with Gasteiger partial charge in [0.1, 0.15) is 11.6 Å². The van der Waals surface area contributed by atoms with Crippen molar-refractivity contribution in [3.63, 3.8) is 0 Å². The normalized spacial score (nSPS) is 14.8. The number of rotatable bonds is 5. The summed E-state index contributed by atoms with van der Waals surface area (Å²) < 4.78 is 26.1. The van der Waals surface area contributed by atoms with Gasteiger partial charge in [-0.15, -0.1) is 0 Å². The Bertz CT molecular complexity index is 803. The molecule has 2 aromatic carbocycles. The van der Waals surface area contributed by atoms with E-state index in [4.69, 9.17) is 0 Å². The Kier molecular flexibility index (Phi) is 6.13. The number of quaternary nitrogens is 1. The molecule has 0 radical (unpaired) electrons. The Morgan fingerprint density at radius 3 is 2.37 bits per heavy atom. The number of piperazine rings is 1. The summed E-state index contributed by atoms with van der Waals surface area (Å²) in [6, 6.07) is 11.7. The van der Waals surface area contributed by atoms with E-state index in [9.17, 15) is 18.4 Å². The molecule has 0 unspecified atom stereocenters. The van der Waals surface area contributed by atoms with Gasteiger partial charge in [-0.2, -0.15) is 0 Å². The van der Waals surface area contributed by atoms with E-state index in [2.05, 4.69) is 5.32 Å². The number of carbonyl (C=O) groups is 2. The van der Waals surface area contributed by atoms with Gasteiger partial charge in [0.05, 0.1) is 32.6 Å². The minimum Gasteiger partial charge on any atom is -0.331 e. The topological polar surface area (TPSA) is 53.9 Å². The predicted molar refractivity (Wildman–Crippen MR) is 97.3 cm³/mol. The first-order valence-corrected chi connectivity index (χ1v) is 8.91. The monoisotopic (exact) mass is 374 g/mol. The van der Waals surface area contributed by atoms with Crippen LogP contribution in [0.4, 0.5) is 14.5 Å². The van der Waals surface area contributed by atoms with E-state index in [1.54, 1.807) is 17.0 Å². The maximum atomic E-state index is 13.2. The Balaban J connectivity index is 1.43. The molecule has 0 saturated carbocycles. The SMILES string of the molecule is O=C(C[NH+]1CCN(C(=O)Cc2cccc(F)c2)CC1)Nc1ccc(F)cc1. The fourth-order valence-corrected chi connectivity index (χ4v) is 3.15. The van der Waals surface area contributed by atoms with Gasteiger partial charge in [0.15, 0.2) is 6.54 Å². The van der Waals surface area contributed by atoms with Crippen LogP contribution in [-0.4, -0.2) is 49.4 Å². The van der Waals surface area contributed by atoms with Crippen LogP contribution in [0.1, 0.15) is 5.56 Å². The largest absolute Gasteiger partial charge is 0.331 e. The Hall–Kier alpha value is -2.80. The fraction of sp³-hybridized carbons (Fsp3) is 0.300. The number of halogens is 2. The van der Waals surface area contributed by atoms with Gasteiger partial charge in [-0.25, -0.2) is 8.78 Å². The molecule has 7 heteroatoms. The zero-order chi connectivity index (χ0) is 19.2. The number of hydrogen-bond donors (Lipinski definition) is 2. The van der Waals surface area contributed by atoms with E-state index >= 15 is 0 Å². The zero-order valence-electron chi connectivity index (χ0n) is 14.9. The van der Waals surface area contributed by atoms with E-state index in [1.165, 1.54) is 36.4 Å². The van der Waals surface area contributed by atoms with Gasteiger partial charge in [0.2, 0.25) is 5.91 Å². The Morgan fingerprint density at radius 2 is 1.70 bits per heavy atom. The van der Waals surface area contributed by atoms with Crippen molar-refractivity contribution in [1.29, 1.82) is 0 Å². The molecule has 1 aliphatic heterocycles. The van der Waals surface area contributed by atoms with Crippen molar-refractivity contribution in [3.8, 4) is 0 Å². The standard InChI is InChI=1S/C20H21F2N3O2/c21-16-4-6-18(7-5-16)23-19(26)14-24-8-10-25(11-9-24)20(27)13-15-2-1-3-17(22)12-15/h1-7,12H,8-11,13-14H2,(H,23,26)/p+1. The van der Waals surface area contributed by atoms with Crippen molar-refractivity contribution in [2.24, 2.45) is 0 Å². The summed E-state index contributed by atoms with van der Waals surface area (Å²) in [4.78, 5) is 27.3. The number of nitrogens with zero attached hydrogens (tertiary/aromatic N) is 1. The molecular weight excluding hydrogens is 352 g/mol. The number of amides is 2. The lowest BCUT2D eigenvalue weighted by Crippen LogP contribution is -3.15. The van der Waals surface area contributed by atoms with E-state index < -0.39 is 0 Å². The van der Waals surface area contributed by atoms with Crippen LogP contribution in [0, 0.1) is 11.6 Å². The highest BCUT2D eigenvalue weighted by molar-refractivity contribution is 5.91. The first kappa shape index (κ1) is 19.0. The molecule has 0 bridgehead atoms. The van der Waals surface area contributed by atoms with Crippen LogP contribution < -0.4 is 10.2 Å². The number of hydrogen-bond acceptors (Lipinski definition) is 2. The lowest BCUT2D eigenvalue weighted by Gasteiger charge is -2.32. The van der Waals surface area contributed by atoms with Crippen molar-refractivity contribution in [1.82, 2.24) is 4.90 Å². The number of benzene rings is 2. The highest BCUT2D eigenvalue weighted by atomic mass is 19.1. The molecule has 142 valence electrons. The molecule has 1 heterocycles. The number of anilines is 1. The first-order chi connectivity index (χ1) is 13.0. The molecule has 3 rings (SSSR count). The van der Waals surface area contributed by atoms with Gasteiger partial charge >= 0.3 is 0 Å². The Labute approximate surface area is 156 Å². The summed E-state index contributed by atoms with van der Waals surface area (Å²) in [5.41, 5.74) is 1.22. The lowest BCUT2D eigenvalue weighted by atomic mass is 10.1. The average Bonchev–Trinajstić information content (AvgIpc) is 2.64. The summed E-state index contributed by atoms with van der Waals surface area (Å²) in [5.74, 6) is -0.869. The minimum absolute atomic E-state index is 0.0320. The molecule has 1 saturated heterocycles. The maximum Gasteiger partial charge on any atom is 0.279 e. The van der Waals surface area contributed by atoms with Crippen molar-refractivity contribution >= 4 is 17.5 Å². The summed E-state index contributed by atoms with van der Waals surface area (Å²) in [6.07, 6.45) is 0.179. The van der Waals surface area contributed by atoms with E-state index in [1.807, 2.05) is 0 Å². The van der Waals surface area contributed by atoms with E-state index in [-0.39, 0.29) is 29.9 Å². The molecule has 2 aromatic rings. The first-order valence-electron chi connectivity index (χ1n) is 8.91. The molecule has 1 fully saturated rings. The van der Waals surface area contributed by atoms with Crippen molar-refractivity contribution < 1.29 is 23.3 Å². The third kappa shape index (κ3) is 5.59. The summed E-state index contributed by atoms with van der Waals surface area (Å²) >= 11 is 0. The third-order valence-electron chi connectivity index (χ3n) is 4.61. The van der Waals surface area contributed by atoms with Crippen LogP contribution in [0.25, 0.3) is 0 Å². The third-order valence-corrected chi connectivity index (χ3v) is 4.61. The molecule has 0 atom stereocenters. The minimum atomic E-state index is -0.349. The molecule has 0 spiro atoms. The summed E-state index contributed by atoms with van der Waals surface area (Å²) in [6.45, 7) is 2.77. The van der Waals surface area contributed by atoms with Crippen LogP contribution >= 0.6 is 0 Å². The molecule has 0 aromatic heterocycles. The lowest BCUT2D eigenvalue weighted by molar-refractivity contribution is -0.895. The molecule has 2 amide bonds. The van der Waals surface area contributed by atoms with E-state index in [0.29, 0.717) is 44.0 Å². The van der Waals surface area contributed by atoms with E-state index in [0.717, 1.165) is 4.90 Å². The van der Waals surface area contributed by atoms with Gasteiger partial charge in [-0.3, -0.25) is 9.59 Å². The van der Waals surface area contributed by atoms with Gasteiger partial charge in [0, 0.05) is 5.69 Å². The van der Waals surface area contributed by atoms with Crippen LogP contribution in [0.5, 0.6) is 0 Å². The highest BCUT2D eigenvalue weighted by Crippen LogP contribution is 2.08. The average molecular weight is 374 g/mol. The summed E-state index contributed by atoms with van der Waals surface area (Å²) in [7, 11) is 0. The second-order valence-corrected chi connectivity index (χ2v) is 6.67. The van der Waals surface area contributed by atoms with Crippen LogP contribution in [0.3, 0.4) is 0 Å². The van der Waals surface area contributed by atoms with Crippen molar-refractivity contribution in [2.75, 3.05) is 38.0 Å². The zero-order valence-corrected chi connectivity index (χ0v) is 14.9. The van der Waals surface area contributed by atoms with Crippen molar-refractivity contribution in [2.45, 2.75) is 6.42 Å². The van der Waals surface area contributed by atoms with Gasteiger partial charge in [0.25, 0.3) is 5.91 Å². The quantitative estimate of drug-likeness (QED) is 0.816. The highest BCUT2D eigenvalue weighted by Gasteiger charge is 2.25. The summed E-state index contributed by atoms with van der Waals surface area (Å²) in [5, 5.41) is 2.75. The van der Waals surface area contributed by atoms with Gasteiger partial charge in [-0.05, 0) is 42.0 Å². The molecule has 2 N–H and O–H groups in total. The van der Waals surface area contributed by atoms with Crippen molar-refractivity contribution in [3.05, 3.63) is 65.7 Å². The number of carbonyl (C=O) groups excluding carboxylic acids is 2. The molecule has 0 aliphatic carbocycles. The van der Waals surface area contributed by atoms with Gasteiger partial charge < -0.3 is 15.1 Å². The maximum absolute atomic E-state index is 13.2. The van der Waals surface area contributed by atoms with Crippen LogP contribution in [-0.2, 0) is 16.0 Å². The fourth-order valence-electron chi connectivity index (χ4n) is 3.15. The van der Waals surface area contributed by atoms with Gasteiger partial charge in [-0.1, -0.05) is 12.1 Å². The molecule has 5 nitrogen and oxygen atoms in total.